The Kier molecular flexibility index (Phi) is 4.49. The number of amides is 1. The number of aromatic nitrogens is 3. The van der Waals surface area contributed by atoms with Gasteiger partial charge in [-0.25, -0.2) is 14.4 Å². The Morgan fingerprint density at radius 2 is 2.27 bits per heavy atom. The molecule has 134 valence electrons. The number of halogens is 1. The van der Waals surface area contributed by atoms with Gasteiger partial charge >= 0.3 is 0 Å². The first-order valence-electron chi connectivity index (χ1n) is 8.30. The smallest absolute Gasteiger partial charge is 0.287 e. The minimum Gasteiger partial charge on any atom is -0.472 e. The molecule has 0 unspecified atom stereocenters. The van der Waals surface area contributed by atoms with Gasteiger partial charge in [-0.3, -0.25) is 4.79 Å². The first kappa shape index (κ1) is 16.5. The number of carbonyl (C=O) groups is 1. The lowest BCUT2D eigenvalue weighted by molar-refractivity contribution is -0.00459. The van der Waals surface area contributed by atoms with Crippen LogP contribution in [-0.2, 0) is 4.74 Å². The quantitative estimate of drug-likeness (QED) is 0.747. The van der Waals surface area contributed by atoms with Gasteiger partial charge in [-0.1, -0.05) is 6.07 Å². The molecule has 4 rings (SSSR count). The second kappa shape index (κ2) is 7.09. The van der Waals surface area contributed by atoms with Crippen LogP contribution in [0.3, 0.4) is 0 Å². The van der Waals surface area contributed by atoms with Crippen LogP contribution < -0.4 is 10.1 Å². The molecule has 0 aliphatic carbocycles. The van der Waals surface area contributed by atoms with Gasteiger partial charge in [-0.05, 0) is 24.3 Å². The Morgan fingerprint density at radius 1 is 1.35 bits per heavy atom. The van der Waals surface area contributed by atoms with Crippen molar-refractivity contribution in [2.45, 2.75) is 18.6 Å². The monoisotopic (exact) mass is 356 g/mol. The Morgan fingerprint density at radius 3 is 3.12 bits per heavy atom. The fourth-order valence-electron chi connectivity index (χ4n) is 2.89. The van der Waals surface area contributed by atoms with Crippen LogP contribution in [0, 0.1) is 5.82 Å². The van der Waals surface area contributed by atoms with E-state index in [1.165, 1.54) is 18.2 Å². The molecule has 8 heteroatoms. The van der Waals surface area contributed by atoms with Crippen molar-refractivity contribution in [1.82, 2.24) is 20.3 Å². The summed E-state index contributed by atoms with van der Waals surface area (Å²) in [6.07, 6.45) is 2.02. The van der Waals surface area contributed by atoms with Crippen LogP contribution in [0.2, 0.25) is 0 Å². The van der Waals surface area contributed by atoms with Crippen LogP contribution in [0.1, 0.15) is 17.0 Å². The Labute approximate surface area is 148 Å². The number of fused-ring (bicyclic) bond motifs is 1. The highest BCUT2D eigenvalue weighted by Gasteiger charge is 2.30. The second-order valence-corrected chi connectivity index (χ2v) is 6.01. The molecule has 1 aromatic carbocycles. The Bertz CT molecular complexity index is 915. The molecule has 0 bridgehead atoms. The van der Waals surface area contributed by atoms with Crippen molar-refractivity contribution < 1.29 is 18.7 Å². The van der Waals surface area contributed by atoms with E-state index in [1.54, 1.807) is 18.3 Å². The molecule has 26 heavy (non-hydrogen) atoms. The van der Waals surface area contributed by atoms with Gasteiger partial charge in [0.25, 0.3) is 5.91 Å². The van der Waals surface area contributed by atoms with E-state index in [0.29, 0.717) is 36.5 Å². The lowest BCUT2D eigenvalue weighted by atomic mass is 10.1. The summed E-state index contributed by atoms with van der Waals surface area (Å²) in [5, 5.41) is 2.88. The molecule has 2 aromatic heterocycles. The predicted octanol–water partition coefficient (Wildman–Crippen LogP) is 2.06. The highest BCUT2D eigenvalue weighted by molar-refractivity contribution is 5.94. The van der Waals surface area contributed by atoms with Crippen molar-refractivity contribution >= 4 is 16.9 Å². The summed E-state index contributed by atoms with van der Waals surface area (Å²) in [5.41, 5.74) is 0.994. The Balaban J connectivity index is 1.48. The summed E-state index contributed by atoms with van der Waals surface area (Å²) >= 11 is 0. The largest absolute Gasteiger partial charge is 0.472 e. The molecule has 0 radical (unpaired) electrons. The van der Waals surface area contributed by atoms with E-state index in [2.05, 4.69) is 20.3 Å². The van der Waals surface area contributed by atoms with Crippen molar-refractivity contribution in [3.05, 3.63) is 54.2 Å². The zero-order valence-electron chi connectivity index (χ0n) is 13.8. The maximum atomic E-state index is 13.3. The van der Waals surface area contributed by atoms with Crippen LogP contribution in [-0.4, -0.2) is 46.2 Å². The number of nitrogens with one attached hydrogen (secondary N) is 2. The molecule has 3 aromatic rings. The van der Waals surface area contributed by atoms with Crippen LogP contribution in [0.25, 0.3) is 11.0 Å². The number of ether oxygens (including phenoxy) is 2. The summed E-state index contributed by atoms with van der Waals surface area (Å²) in [7, 11) is 0. The number of imidazole rings is 1. The van der Waals surface area contributed by atoms with Gasteiger partial charge in [-0.15, -0.1) is 0 Å². The maximum Gasteiger partial charge on any atom is 0.287 e. The van der Waals surface area contributed by atoms with Crippen LogP contribution in [0.4, 0.5) is 4.39 Å². The molecule has 7 nitrogen and oxygen atoms in total. The third-order valence-electron chi connectivity index (χ3n) is 4.18. The van der Waals surface area contributed by atoms with Gasteiger partial charge in [0, 0.05) is 18.7 Å². The summed E-state index contributed by atoms with van der Waals surface area (Å²) < 4.78 is 24.7. The summed E-state index contributed by atoms with van der Waals surface area (Å²) in [4.78, 5) is 23.7. The summed E-state index contributed by atoms with van der Waals surface area (Å²) in [6.45, 7) is 0.881. The Hall–Kier alpha value is -3.00. The number of pyridine rings is 1. The van der Waals surface area contributed by atoms with Gasteiger partial charge < -0.3 is 19.8 Å². The molecule has 1 aliphatic heterocycles. The zero-order chi connectivity index (χ0) is 17.9. The first-order chi connectivity index (χ1) is 12.7. The van der Waals surface area contributed by atoms with Gasteiger partial charge in [0.05, 0.1) is 30.3 Å². The lowest BCUT2D eigenvalue weighted by Gasteiger charge is -2.31. The molecule has 1 amide bonds. The molecule has 2 atom stereocenters. The molecule has 0 saturated carbocycles. The van der Waals surface area contributed by atoms with Crippen molar-refractivity contribution in [2.24, 2.45) is 0 Å². The van der Waals surface area contributed by atoms with E-state index in [0.717, 1.165) is 0 Å². The normalized spacial score (nSPS) is 20.0. The number of H-pyrrole nitrogens is 1. The average Bonchev–Trinajstić information content (AvgIpc) is 3.07. The highest BCUT2D eigenvalue weighted by Crippen LogP contribution is 2.17. The summed E-state index contributed by atoms with van der Waals surface area (Å²) in [5.74, 6) is -0.171. The third kappa shape index (κ3) is 3.50. The number of rotatable bonds is 4. The SMILES string of the molecule is O=C(N[C@@H]1COCC[C@H]1Oc1ccccn1)c1nc2ccc(F)cc2[nH]1. The molecule has 1 saturated heterocycles. The lowest BCUT2D eigenvalue weighted by Crippen LogP contribution is -2.52. The number of hydrogen-bond donors (Lipinski definition) is 2. The first-order valence-corrected chi connectivity index (χ1v) is 8.30. The number of benzene rings is 1. The summed E-state index contributed by atoms with van der Waals surface area (Å²) in [6, 6.07) is 9.19. The molecule has 1 aliphatic rings. The highest BCUT2D eigenvalue weighted by atomic mass is 19.1. The predicted molar refractivity (Wildman–Crippen MR) is 91.4 cm³/mol. The third-order valence-corrected chi connectivity index (χ3v) is 4.18. The van der Waals surface area contributed by atoms with Gasteiger partial charge in [0.1, 0.15) is 11.9 Å². The van der Waals surface area contributed by atoms with E-state index in [9.17, 15) is 9.18 Å². The van der Waals surface area contributed by atoms with Gasteiger partial charge in [-0.2, -0.15) is 0 Å². The van der Waals surface area contributed by atoms with Crippen molar-refractivity contribution in [3.63, 3.8) is 0 Å². The minimum absolute atomic E-state index is 0.118. The van der Waals surface area contributed by atoms with Crippen molar-refractivity contribution in [2.75, 3.05) is 13.2 Å². The zero-order valence-corrected chi connectivity index (χ0v) is 13.8. The molecule has 1 fully saturated rings. The van der Waals surface area contributed by atoms with Crippen LogP contribution in [0.15, 0.2) is 42.6 Å². The van der Waals surface area contributed by atoms with E-state index in [-0.39, 0.29) is 18.0 Å². The molecular weight excluding hydrogens is 339 g/mol. The average molecular weight is 356 g/mol. The minimum atomic E-state index is -0.397. The van der Waals surface area contributed by atoms with E-state index >= 15 is 0 Å². The maximum absolute atomic E-state index is 13.3. The molecule has 2 N–H and O–H groups in total. The molecule has 3 heterocycles. The molecular formula is C18H17FN4O3. The van der Waals surface area contributed by atoms with Crippen molar-refractivity contribution in [1.29, 1.82) is 0 Å². The van der Waals surface area contributed by atoms with E-state index in [1.807, 2.05) is 6.07 Å². The van der Waals surface area contributed by atoms with Crippen LogP contribution in [0.5, 0.6) is 5.88 Å². The van der Waals surface area contributed by atoms with Crippen molar-refractivity contribution in [3.8, 4) is 5.88 Å². The van der Waals surface area contributed by atoms with Crippen LogP contribution >= 0.6 is 0 Å². The number of nitrogens with zero attached hydrogens (tertiary/aromatic N) is 2. The second-order valence-electron chi connectivity index (χ2n) is 6.01. The molecule has 0 spiro atoms. The number of carbonyl (C=O) groups excluding carboxylic acids is 1. The number of aromatic amines is 1. The van der Waals surface area contributed by atoms with Gasteiger partial charge in [0.2, 0.25) is 5.88 Å². The van der Waals surface area contributed by atoms with E-state index < -0.39 is 11.7 Å². The fourth-order valence-corrected chi connectivity index (χ4v) is 2.89. The standard InChI is InChI=1S/C18H17FN4O3/c19-11-4-5-12-13(9-11)22-17(21-12)18(24)23-14-10-25-8-6-15(14)26-16-3-1-2-7-20-16/h1-5,7,9,14-15H,6,8,10H2,(H,21,22)(H,23,24)/t14-,15-/m1/s1. The van der Waals surface area contributed by atoms with E-state index in [4.69, 9.17) is 9.47 Å². The van der Waals surface area contributed by atoms with Gasteiger partial charge in [0.15, 0.2) is 5.82 Å². The fraction of sp³-hybridized carbons (Fsp3) is 0.278. The topological polar surface area (TPSA) is 89.1 Å². The number of hydrogen-bond acceptors (Lipinski definition) is 5.